The zero-order valence-corrected chi connectivity index (χ0v) is 28.7. The lowest BCUT2D eigenvalue weighted by Gasteiger charge is -2.26. The molecular weight excluding hydrogens is 629 g/mol. The van der Waals surface area contributed by atoms with Gasteiger partial charge in [0.1, 0.15) is 0 Å². The van der Waals surface area contributed by atoms with Gasteiger partial charge in [-0.15, -0.1) is 0 Å². The van der Waals surface area contributed by atoms with E-state index in [1.54, 1.807) is 0 Å². The predicted octanol–water partition coefficient (Wildman–Crippen LogP) is 14.4. The van der Waals surface area contributed by atoms with Crippen LogP contribution in [0.5, 0.6) is 0 Å². The van der Waals surface area contributed by atoms with Crippen molar-refractivity contribution in [3.8, 4) is 0 Å². The molecule has 0 saturated heterocycles. The first kappa shape index (κ1) is 31.1. The summed E-state index contributed by atoms with van der Waals surface area (Å²) < 4.78 is 0. The van der Waals surface area contributed by atoms with Gasteiger partial charge >= 0.3 is 0 Å². The van der Waals surface area contributed by atoms with Crippen molar-refractivity contribution in [1.29, 1.82) is 0 Å². The van der Waals surface area contributed by atoms with Crippen molar-refractivity contribution >= 4 is 77.2 Å². The van der Waals surface area contributed by atoms with Crippen LogP contribution in [0.1, 0.15) is 0 Å². The molecule has 0 aromatic heterocycles. The summed E-state index contributed by atoms with van der Waals surface area (Å²) in [5.41, 5.74) is 6.69. The van der Waals surface area contributed by atoms with E-state index in [-0.39, 0.29) is 0 Å². The van der Waals surface area contributed by atoms with E-state index in [9.17, 15) is 0 Å². The summed E-state index contributed by atoms with van der Waals surface area (Å²) in [7, 11) is 0. The first-order chi connectivity index (χ1) is 25.8. The van der Waals surface area contributed by atoms with E-state index in [4.69, 9.17) is 0 Å². The molecule has 0 unspecified atom stereocenters. The third kappa shape index (κ3) is 5.87. The molecule has 2 nitrogen and oxygen atoms in total. The molecule has 0 aliphatic carbocycles. The van der Waals surface area contributed by atoms with Crippen LogP contribution in [-0.2, 0) is 0 Å². The Hall–Kier alpha value is -6.90. The van der Waals surface area contributed by atoms with Crippen molar-refractivity contribution in [2.45, 2.75) is 0 Å². The average molecular weight is 665 g/mol. The highest BCUT2D eigenvalue weighted by molar-refractivity contribution is 6.19. The van der Waals surface area contributed by atoms with Gasteiger partial charge in [0.05, 0.1) is 0 Å². The van der Waals surface area contributed by atoms with Crippen LogP contribution in [0.15, 0.2) is 218 Å². The standard InChI is InChI=1S/C50H36N2/c1-5-17-39(18-6-1)51(40-19-7-2-8-20-40)43-33-31-37-29-30-38-32-34-44(52(41-21-9-3-10-22-41)42-23-11-4-12-24-42)36-50(38)48-28-16-14-26-46(48)45-25-13-15-27-47(45)49(37)35-43/h1-36H. The second-order valence-electron chi connectivity index (χ2n) is 13.0. The Balaban J connectivity index is 1.34. The van der Waals surface area contributed by atoms with Crippen LogP contribution in [0.25, 0.3) is 43.1 Å². The van der Waals surface area contributed by atoms with Gasteiger partial charge < -0.3 is 9.80 Å². The molecule has 0 aliphatic heterocycles. The molecule has 0 fully saturated rings. The fourth-order valence-corrected chi connectivity index (χ4v) is 7.41. The van der Waals surface area contributed by atoms with Crippen molar-refractivity contribution in [1.82, 2.24) is 0 Å². The maximum atomic E-state index is 2.35. The molecule has 52 heavy (non-hydrogen) atoms. The number of hydrogen-bond acceptors (Lipinski definition) is 2. The number of fused-ring (bicyclic) bond motifs is 7. The highest BCUT2D eigenvalue weighted by Gasteiger charge is 2.15. The minimum absolute atomic E-state index is 1.11. The maximum Gasteiger partial charge on any atom is 0.0468 e. The van der Waals surface area contributed by atoms with E-state index in [0.29, 0.717) is 0 Å². The summed E-state index contributed by atoms with van der Waals surface area (Å²) >= 11 is 0. The quantitative estimate of drug-likeness (QED) is 0.175. The Morgan fingerprint density at radius 3 is 0.750 bits per heavy atom. The molecule has 9 aromatic rings. The number of benzene rings is 8. The number of para-hydroxylation sites is 4. The lowest BCUT2D eigenvalue weighted by molar-refractivity contribution is 1.29. The van der Waals surface area contributed by atoms with E-state index in [1.165, 1.54) is 43.1 Å². The van der Waals surface area contributed by atoms with E-state index < -0.39 is 0 Å². The van der Waals surface area contributed by atoms with E-state index in [1.807, 2.05) is 0 Å². The first-order valence-corrected chi connectivity index (χ1v) is 17.8. The van der Waals surface area contributed by atoms with E-state index in [0.717, 1.165) is 34.1 Å². The Morgan fingerprint density at radius 2 is 0.442 bits per heavy atom. The van der Waals surface area contributed by atoms with Crippen molar-refractivity contribution in [2.24, 2.45) is 0 Å². The summed E-state index contributed by atoms with van der Waals surface area (Å²) in [6, 6.07) is 78.4. The Labute approximate surface area is 304 Å². The molecule has 9 aromatic carbocycles. The molecule has 9 rings (SSSR count). The number of hydrogen-bond donors (Lipinski definition) is 0. The SMILES string of the molecule is c1ccc(N(c2ccccc2)c2ccc3ccc4ccc(N(c5ccccc5)c5ccccc5)cc4c4ccccc4c4ccccc4c3c2)cc1. The fourth-order valence-electron chi connectivity index (χ4n) is 7.41. The zero-order chi connectivity index (χ0) is 34.7. The van der Waals surface area contributed by atoms with E-state index >= 15 is 0 Å². The van der Waals surface area contributed by atoms with Gasteiger partial charge in [-0.3, -0.25) is 0 Å². The number of nitrogens with zero attached hydrogens (tertiary/aromatic N) is 2. The molecule has 0 N–H and O–H groups in total. The van der Waals surface area contributed by atoms with Gasteiger partial charge in [0.15, 0.2) is 0 Å². The van der Waals surface area contributed by atoms with Gasteiger partial charge in [0.25, 0.3) is 0 Å². The van der Waals surface area contributed by atoms with E-state index in [2.05, 4.69) is 228 Å². The first-order valence-electron chi connectivity index (χ1n) is 17.8. The molecule has 0 saturated carbocycles. The highest BCUT2D eigenvalue weighted by atomic mass is 15.1. The largest absolute Gasteiger partial charge is 0.310 e. The minimum atomic E-state index is 1.11. The van der Waals surface area contributed by atoms with Crippen LogP contribution < -0.4 is 9.80 Å². The number of rotatable bonds is 6. The fraction of sp³-hybridized carbons (Fsp3) is 0. The molecule has 0 aliphatic rings. The highest BCUT2D eigenvalue weighted by Crippen LogP contribution is 2.40. The molecular formula is C50H36N2. The normalized spacial score (nSPS) is 11.1. The molecule has 0 bridgehead atoms. The Bertz CT molecular complexity index is 2450. The summed E-state index contributed by atoms with van der Waals surface area (Å²) in [5.74, 6) is 0. The van der Waals surface area contributed by atoms with Crippen LogP contribution in [0.4, 0.5) is 34.1 Å². The van der Waals surface area contributed by atoms with Gasteiger partial charge in [-0.05, 0) is 116 Å². The smallest absolute Gasteiger partial charge is 0.0468 e. The zero-order valence-electron chi connectivity index (χ0n) is 28.7. The molecule has 0 radical (unpaired) electrons. The topological polar surface area (TPSA) is 6.48 Å². The van der Waals surface area contributed by atoms with Crippen LogP contribution in [-0.4, -0.2) is 0 Å². The summed E-state index contributed by atoms with van der Waals surface area (Å²) in [6.07, 6.45) is 0. The second-order valence-corrected chi connectivity index (χ2v) is 13.0. The average Bonchev–Trinajstić information content (AvgIpc) is 3.22. The van der Waals surface area contributed by atoms with Gasteiger partial charge in [-0.25, -0.2) is 0 Å². The molecule has 0 atom stereocenters. The Morgan fingerprint density at radius 1 is 0.192 bits per heavy atom. The lowest BCUT2D eigenvalue weighted by Crippen LogP contribution is -2.09. The van der Waals surface area contributed by atoms with Crippen molar-refractivity contribution in [2.75, 3.05) is 9.80 Å². The van der Waals surface area contributed by atoms with Crippen LogP contribution in [0.3, 0.4) is 0 Å². The third-order valence-electron chi connectivity index (χ3n) is 9.81. The summed E-state index contributed by atoms with van der Waals surface area (Å²) in [5, 5.41) is 9.53. The molecule has 0 spiro atoms. The van der Waals surface area contributed by atoms with Crippen molar-refractivity contribution in [3.05, 3.63) is 218 Å². The molecule has 0 amide bonds. The maximum absolute atomic E-state index is 2.35. The monoisotopic (exact) mass is 664 g/mol. The van der Waals surface area contributed by atoms with Crippen LogP contribution >= 0.6 is 0 Å². The van der Waals surface area contributed by atoms with Crippen molar-refractivity contribution in [3.63, 3.8) is 0 Å². The summed E-state index contributed by atoms with van der Waals surface area (Å²) in [6.45, 7) is 0. The van der Waals surface area contributed by atoms with Gasteiger partial charge in [0, 0.05) is 34.1 Å². The molecule has 2 heteroatoms. The Kier molecular flexibility index (Phi) is 8.24. The number of anilines is 6. The third-order valence-corrected chi connectivity index (χ3v) is 9.81. The molecule has 246 valence electrons. The van der Waals surface area contributed by atoms with Gasteiger partial charge in [-0.1, -0.05) is 146 Å². The molecule has 0 heterocycles. The van der Waals surface area contributed by atoms with Gasteiger partial charge in [0.2, 0.25) is 0 Å². The predicted molar refractivity (Wildman–Crippen MR) is 223 cm³/mol. The summed E-state index contributed by atoms with van der Waals surface area (Å²) in [4.78, 5) is 4.67. The van der Waals surface area contributed by atoms with Crippen LogP contribution in [0.2, 0.25) is 0 Å². The lowest BCUT2D eigenvalue weighted by atomic mass is 9.97. The van der Waals surface area contributed by atoms with Gasteiger partial charge in [-0.2, -0.15) is 0 Å². The minimum Gasteiger partial charge on any atom is -0.310 e. The second kappa shape index (κ2) is 13.8. The van der Waals surface area contributed by atoms with Crippen LogP contribution in [0, 0.1) is 0 Å². The van der Waals surface area contributed by atoms with Crippen molar-refractivity contribution < 1.29 is 0 Å².